The third kappa shape index (κ3) is 6.97. The summed E-state index contributed by atoms with van der Waals surface area (Å²) >= 11 is 0. The van der Waals surface area contributed by atoms with Gasteiger partial charge in [0.2, 0.25) is 0 Å². The zero-order valence-corrected chi connectivity index (χ0v) is 19.9. The molecular formula is C23H43NO7. The first kappa shape index (κ1) is 28.0. The van der Waals surface area contributed by atoms with Gasteiger partial charge in [-0.25, -0.2) is 0 Å². The minimum Gasteiger partial charge on any atom is -0.481 e. The van der Waals surface area contributed by atoms with Crippen molar-refractivity contribution in [3.63, 3.8) is 0 Å². The van der Waals surface area contributed by atoms with Crippen LogP contribution in [-0.2, 0) is 9.53 Å². The lowest BCUT2D eigenvalue weighted by Gasteiger charge is -2.39. The molecule has 0 aromatic heterocycles. The monoisotopic (exact) mass is 445 g/mol. The summed E-state index contributed by atoms with van der Waals surface area (Å²) in [6.07, 6.45) is 0.339. The van der Waals surface area contributed by atoms with Crippen LogP contribution < -0.4 is 0 Å². The molecule has 31 heavy (non-hydrogen) atoms. The Morgan fingerprint density at radius 1 is 1.29 bits per heavy atom. The average Bonchev–Trinajstić information content (AvgIpc) is 3.50. The van der Waals surface area contributed by atoms with E-state index < -0.39 is 47.3 Å². The van der Waals surface area contributed by atoms with E-state index in [0.717, 1.165) is 6.42 Å². The fourth-order valence-electron chi connectivity index (χ4n) is 4.39. The van der Waals surface area contributed by atoms with Gasteiger partial charge in [0.1, 0.15) is 5.60 Å². The summed E-state index contributed by atoms with van der Waals surface area (Å²) in [7, 11) is 1.87. The van der Waals surface area contributed by atoms with Crippen molar-refractivity contribution in [3.05, 3.63) is 12.7 Å². The van der Waals surface area contributed by atoms with Crippen LogP contribution in [0.3, 0.4) is 0 Å². The minimum atomic E-state index is -1.20. The zero-order valence-electron chi connectivity index (χ0n) is 19.9. The summed E-state index contributed by atoms with van der Waals surface area (Å²) in [5.74, 6) is -2.87. The van der Waals surface area contributed by atoms with Crippen LogP contribution in [0.2, 0.25) is 0 Å². The number of carboxylic acid groups (broad SMARTS) is 1. The van der Waals surface area contributed by atoms with E-state index in [-0.39, 0.29) is 12.0 Å². The molecule has 0 aromatic carbocycles. The molecule has 1 heterocycles. The van der Waals surface area contributed by atoms with Crippen LogP contribution in [0.1, 0.15) is 53.9 Å². The average molecular weight is 446 g/mol. The van der Waals surface area contributed by atoms with E-state index in [1.54, 1.807) is 19.9 Å². The Balaban J connectivity index is 2.79. The van der Waals surface area contributed by atoms with Crippen LogP contribution in [0.15, 0.2) is 12.7 Å². The quantitative estimate of drug-likeness (QED) is 0.188. The molecule has 0 unspecified atom stereocenters. The molecule has 1 fully saturated rings. The summed E-state index contributed by atoms with van der Waals surface area (Å²) in [5, 5.41) is 51.5. The largest absolute Gasteiger partial charge is 0.481 e. The van der Waals surface area contributed by atoms with Crippen molar-refractivity contribution in [3.8, 4) is 0 Å². The van der Waals surface area contributed by atoms with E-state index in [1.165, 1.54) is 6.92 Å². The van der Waals surface area contributed by atoms with Crippen molar-refractivity contribution in [1.29, 1.82) is 0 Å². The number of hydrogen-bond acceptors (Lipinski definition) is 7. The fourth-order valence-corrected chi connectivity index (χ4v) is 4.39. The highest BCUT2D eigenvalue weighted by atomic mass is 16.6. The van der Waals surface area contributed by atoms with Crippen molar-refractivity contribution in [2.75, 3.05) is 20.2 Å². The van der Waals surface area contributed by atoms with E-state index in [2.05, 4.69) is 6.58 Å². The van der Waals surface area contributed by atoms with E-state index in [0.29, 0.717) is 26.0 Å². The molecule has 8 nitrogen and oxygen atoms in total. The molecule has 1 aliphatic heterocycles. The number of likely N-dealkylation sites (N-methyl/N-ethyl adjacent to an activating group) is 1. The summed E-state index contributed by atoms with van der Waals surface area (Å²) in [4.78, 5) is 13.1. The first-order valence-electron chi connectivity index (χ1n) is 11.2. The second-order valence-corrected chi connectivity index (χ2v) is 9.71. The molecule has 0 aliphatic carbocycles. The van der Waals surface area contributed by atoms with Crippen LogP contribution in [-0.4, -0.2) is 92.2 Å². The molecule has 5 N–H and O–H groups in total. The van der Waals surface area contributed by atoms with Gasteiger partial charge in [0.25, 0.3) is 0 Å². The van der Waals surface area contributed by atoms with E-state index in [9.17, 15) is 25.2 Å². The van der Waals surface area contributed by atoms with Crippen molar-refractivity contribution < 1.29 is 35.1 Å². The van der Waals surface area contributed by atoms with Gasteiger partial charge < -0.3 is 35.2 Å². The highest BCUT2D eigenvalue weighted by Crippen LogP contribution is 2.42. The first-order valence-corrected chi connectivity index (χ1v) is 11.2. The SMILES string of the molecule is C=C[C@@H](CN(C)[C@H](C)[C@@H](O)[C@](C)(O)CCC)C[C@@]1([C@H](O)[C@@H](C)[C@H](O)[C@@H](C)C(=O)O)CO1. The van der Waals surface area contributed by atoms with Crippen LogP contribution in [0.5, 0.6) is 0 Å². The second-order valence-electron chi connectivity index (χ2n) is 9.71. The van der Waals surface area contributed by atoms with Crippen molar-refractivity contribution in [2.24, 2.45) is 17.8 Å². The Hall–Kier alpha value is -1.03. The summed E-state index contributed by atoms with van der Waals surface area (Å²) in [6.45, 7) is 13.3. The third-order valence-corrected chi connectivity index (χ3v) is 7.00. The normalized spacial score (nSPS) is 27.5. The number of carbonyl (C=O) groups is 1. The molecule has 8 heteroatoms. The van der Waals surface area contributed by atoms with Gasteiger partial charge in [0, 0.05) is 18.5 Å². The predicted molar refractivity (Wildman–Crippen MR) is 119 cm³/mol. The molecule has 0 spiro atoms. The standard InChI is InChI=1S/C23H43NO7/c1-8-10-22(6,30)20(27)16(5)24(7)12-17(9-2)11-23(13-31-23)19(26)14(3)18(25)15(4)21(28)29/h9,14-20,25-27,30H,2,8,10-13H2,1,3-7H3,(H,28,29)/t14-,15+,16+,17+,18-,19+,20+,22+,23-/m0/s1. The lowest BCUT2D eigenvalue weighted by molar-refractivity contribution is -0.148. The molecule has 1 rings (SSSR count). The summed E-state index contributed by atoms with van der Waals surface area (Å²) in [6, 6.07) is -0.304. The minimum absolute atomic E-state index is 0.0748. The Labute approximate surface area is 186 Å². The maximum Gasteiger partial charge on any atom is 0.308 e. The van der Waals surface area contributed by atoms with Gasteiger partial charge in [-0.15, -0.1) is 6.58 Å². The zero-order chi connectivity index (χ0) is 24.1. The Morgan fingerprint density at radius 2 is 1.84 bits per heavy atom. The molecule has 1 saturated heterocycles. The van der Waals surface area contributed by atoms with Gasteiger partial charge in [0.05, 0.1) is 36.4 Å². The van der Waals surface area contributed by atoms with Gasteiger partial charge in [0.15, 0.2) is 0 Å². The number of nitrogens with zero attached hydrogens (tertiary/aromatic N) is 1. The first-order chi connectivity index (χ1) is 14.2. The van der Waals surface area contributed by atoms with Gasteiger partial charge >= 0.3 is 5.97 Å². The highest BCUT2D eigenvalue weighted by Gasteiger charge is 2.55. The number of aliphatic hydroxyl groups is 4. The van der Waals surface area contributed by atoms with Gasteiger partial charge in [-0.3, -0.25) is 4.79 Å². The lowest BCUT2D eigenvalue weighted by Crippen LogP contribution is -2.52. The van der Waals surface area contributed by atoms with Crippen molar-refractivity contribution in [2.45, 2.75) is 89.4 Å². The molecule has 0 saturated carbocycles. The van der Waals surface area contributed by atoms with Crippen molar-refractivity contribution in [1.82, 2.24) is 4.90 Å². The smallest absolute Gasteiger partial charge is 0.308 e. The fraction of sp³-hybridized carbons (Fsp3) is 0.870. The maximum atomic E-state index is 11.2. The Bertz CT molecular complexity index is 592. The second kappa shape index (κ2) is 11.2. The van der Waals surface area contributed by atoms with Crippen molar-refractivity contribution >= 4 is 5.97 Å². The van der Waals surface area contributed by atoms with Crippen LogP contribution in [0.4, 0.5) is 0 Å². The van der Waals surface area contributed by atoms with Gasteiger partial charge in [-0.05, 0) is 46.6 Å². The maximum absolute atomic E-state index is 11.2. The van der Waals surface area contributed by atoms with Crippen LogP contribution in [0.25, 0.3) is 0 Å². The molecule has 0 bridgehead atoms. The number of aliphatic hydroxyl groups excluding tert-OH is 3. The number of epoxide rings is 1. The molecule has 182 valence electrons. The molecule has 0 aromatic rings. The molecular weight excluding hydrogens is 402 g/mol. The summed E-state index contributed by atoms with van der Waals surface area (Å²) in [5.41, 5.74) is -2.04. The number of rotatable bonds is 15. The Kier molecular flexibility index (Phi) is 10.1. The lowest BCUT2D eigenvalue weighted by atomic mass is 9.80. The highest BCUT2D eigenvalue weighted by molar-refractivity contribution is 5.70. The van der Waals surface area contributed by atoms with Gasteiger partial charge in [-0.2, -0.15) is 0 Å². The van der Waals surface area contributed by atoms with Gasteiger partial charge in [-0.1, -0.05) is 26.3 Å². The molecule has 9 atom stereocenters. The van der Waals surface area contributed by atoms with Crippen LogP contribution >= 0.6 is 0 Å². The number of aliphatic carboxylic acids is 1. The Morgan fingerprint density at radius 3 is 2.26 bits per heavy atom. The molecule has 0 radical (unpaired) electrons. The topological polar surface area (TPSA) is 134 Å². The number of carboxylic acids is 1. The summed E-state index contributed by atoms with van der Waals surface area (Å²) < 4.78 is 5.61. The van der Waals surface area contributed by atoms with E-state index in [4.69, 9.17) is 9.84 Å². The number of hydrogen-bond donors (Lipinski definition) is 5. The molecule has 1 aliphatic rings. The van der Waals surface area contributed by atoms with Crippen LogP contribution in [0, 0.1) is 17.8 Å². The molecule has 0 amide bonds. The third-order valence-electron chi connectivity index (χ3n) is 7.00. The number of ether oxygens (including phenoxy) is 1. The van der Waals surface area contributed by atoms with E-state index >= 15 is 0 Å². The predicted octanol–water partition coefficient (Wildman–Crippen LogP) is 1.26. The van der Waals surface area contributed by atoms with E-state index in [1.807, 2.05) is 25.8 Å².